The lowest BCUT2D eigenvalue weighted by Crippen LogP contribution is -1.86. The van der Waals surface area contributed by atoms with Gasteiger partial charge in [0.05, 0.1) is 12.5 Å². The smallest absolute Gasteiger partial charge is 0.0669 e. The number of benzene rings is 2. The van der Waals surface area contributed by atoms with Crippen LogP contribution in [0.3, 0.4) is 0 Å². The van der Waals surface area contributed by atoms with E-state index in [1.807, 2.05) is 12.1 Å². The van der Waals surface area contributed by atoms with Gasteiger partial charge in [-0.2, -0.15) is 5.26 Å². The molecule has 0 heterocycles. The molecular formula is C13H10BrN. The first-order valence-electron chi connectivity index (χ1n) is 4.78. The van der Waals surface area contributed by atoms with Gasteiger partial charge < -0.3 is 0 Å². The first-order chi connectivity index (χ1) is 7.35. The molecule has 2 rings (SSSR count). The third kappa shape index (κ3) is 2.03. The van der Waals surface area contributed by atoms with E-state index in [4.69, 9.17) is 5.26 Å². The monoisotopic (exact) mass is 259 g/mol. The molecular weight excluding hydrogens is 250 g/mol. The molecule has 0 N–H and O–H groups in total. The molecule has 15 heavy (non-hydrogen) atoms. The Labute approximate surface area is 97.5 Å². The standard InChI is InChI=1S/C13H10BrN/c14-9-10-4-5-11-2-1-3-12(6-7-15)13(11)8-10/h1-5,8H,6,9H2. The molecule has 0 aliphatic carbocycles. The van der Waals surface area contributed by atoms with E-state index in [0.717, 1.165) is 10.9 Å². The fourth-order valence-corrected chi connectivity index (χ4v) is 2.06. The summed E-state index contributed by atoms with van der Waals surface area (Å²) in [7, 11) is 0. The second-order valence-corrected chi connectivity index (χ2v) is 4.00. The minimum atomic E-state index is 0.475. The third-order valence-corrected chi connectivity index (χ3v) is 3.11. The normalized spacial score (nSPS) is 10.1. The number of rotatable bonds is 2. The molecule has 0 atom stereocenters. The average Bonchev–Trinajstić information content (AvgIpc) is 2.29. The summed E-state index contributed by atoms with van der Waals surface area (Å²) >= 11 is 3.44. The van der Waals surface area contributed by atoms with Crippen molar-refractivity contribution in [2.24, 2.45) is 0 Å². The van der Waals surface area contributed by atoms with Crippen molar-refractivity contribution < 1.29 is 0 Å². The highest BCUT2D eigenvalue weighted by atomic mass is 79.9. The van der Waals surface area contributed by atoms with Gasteiger partial charge in [-0.3, -0.25) is 0 Å². The van der Waals surface area contributed by atoms with Crippen molar-refractivity contribution in [1.82, 2.24) is 0 Å². The van der Waals surface area contributed by atoms with E-state index in [1.165, 1.54) is 16.3 Å². The maximum absolute atomic E-state index is 8.75. The molecule has 0 amide bonds. The minimum absolute atomic E-state index is 0.475. The highest BCUT2D eigenvalue weighted by Crippen LogP contribution is 2.21. The van der Waals surface area contributed by atoms with Gasteiger partial charge in [0, 0.05) is 5.33 Å². The van der Waals surface area contributed by atoms with Crippen LogP contribution in [0.15, 0.2) is 36.4 Å². The van der Waals surface area contributed by atoms with Gasteiger partial charge in [0.2, 0.25) is 0 Å². The molecule has 0 aromatic heterocycles. The Hall–Kier alpha value is -1.33. The molecule has 0 saturated carbocycles. The van der Waals surface area contributed by atoms with E-state index in [2.05, 4.69) is 46.3 Å². The SMILES string of the molecule is N#CCc1cccc2ccc(CBr)cc12. The molecule has 1 nitrogen and oxygen atoms in total. The van der Waals surface area contributed by atoms with Crippen molar-refractivity contribution in [2.75, 3.05) is 0 Å². The van der Waals surface area contributed by atoms with Gasteiger partial charge in [0.25, 0.3) is 0 Å². The number of halogens is 1. The van der Waals surface area contributed by atoms with E-state index >= 15 is 0 Å². The summed E-state index contributed by atoms with van der Waals surface area (Å²) in [4.78, 5) is 0. The summed E-state index contributed by atoms with van der Waals surface area (Å²) in [5, 5.41) is 12.0. The van der Waals surface area contributed by atoms with E-state index in [0.29, 0.717) is 6.42 Å². The van der Waals surface area contributed by atoms with E-state index < -0.39 is 0 Å². The van der Waals surface area contributed by atoms with Crippen LogP contribution in [0.25, 0.3) is 10.8 Å². The third-order valence-electron chi connectivity index (χ3n) is 2.46. The zero-order valence-corrected chi connectivity index (χ0v) is 9.79. The molecule has 74 valence electrons. The predicted octanol–water partition coefficient (Wildman–Crippen LogP) is 3.80. The maximum atomic E-state index is 8.75. The first-order valence-corrected chi connectivity index (χ1v) is 5.91. The lowest BCUT2D eigenvalue weighted by atomic mass is 10.0. The lowest BCUT2D eigenvalue weighted by Gasteiger charge is -2.04. The summed E-state index contributed by atoms with van der Waals surface area (Å²) < 4.78 is 0. The van der Waals surface area contributed by atoms with E-state index in [-0.39, 0.29) is 0 Å². The fourth-order valence-electron chi connectivity index (χ4n) is 1.71. The van der Waals surface area contributed by atoms with Crippen molar-refractivity contribution in [1.29, 1.82) is 5.26 Å². The summed E-state index contributed by atoms with van der Waals surface area (Å²) in [6.45, 7) is 0. The van der Waals surface area contributed by atoms with Gasteiger partial charge >= 0.3 is 0 Å². The second-order valence-electron chi connectivity index (χ2n) is 3.44. The van der Waals surface area contributed by atoms with Crippen molar-refractivity contribution >= 4 is 26.7 Å². The summed E-state index contributed by atoms with van der Waals surface area (Å²) in [6.07, 6.45) is 0.475. The molecule has 0 aliphatic heterocycles. The largest absolute Gasteiger partial charge is 0.198 e. The molecule has 2 aromatic rings. The van der Waals surface area contributed by atoms with Crippen LogP contribution in [0.2, 0.25) is 0 Å². The second kappa shape index (κ2) is 4.46. The Kier molecular flexibility index (Phi) is 3.03. The Morgan fingerprint density at radius 3 is 2.80 bits per heavy atom. The Bertz CT molecular complexity index is 526. The first kappa shape index (κ1) is 10.2. The van der Waals surface area contributed by atoms with Crippen LogP contribution < -0.4 is 0 Å². The van der Waals surface area contributed by atoms with Crippen molar-refractivity contribution in [3.63, 3.8) is 0 Å². The van der Waals surface area contributed by atoms with Crippen LogP contribution in [0, 0.1) is 11.3 Å². The Morgan fingerprint density at radius 2 is 2.07 bits per heavy atom. The predicted molar refractivity (Wildman–Crippen MR) is 65.9 cm³/mol. The summed E-state index contributed by atoms with van der Waals surface area (Å²) in [5.74, 6) is 0. The van der Waals surface area contributed by atoms with Crippen LogP contribution in [0.5, 0.6) is 0 Å². The maximum Gasteiger partial charge on any atom is 0.0669 e. The molecule has 0 radical (unpaired) electrons. The minimum Gasteiger partial charge on any atom is -0.198 e. The fraction of sp³-hybridized carbons (Fsp3) is 0.154. The summed E-state index contributed by atoms with van der Waals surface area (Å²) in [6, 6.07) is 14.7. The zero-order valence-electron chi connectivity index (χ0n) is 8.20. The van der Waals surface area contributed by atoms with Crippen molar-refractivity contribution in [3.05, 3.63) is 47.5 Å². The van der Waals surface area contributed by atoms with Crippen LogP contribution in [0.1, 0.15) is 11.1 Å². The number of hydrogen-bond donors (Lipinski definition) is 0. The number of fused-ring (bicyclic) bond motifs is 1. The molecule has 2 aromatic carbocycles. The Morgan fingerprint density at radius 1 is 1.20 bits per heavy atom. The van der Waals surface area contributed by atoms with Crippen LogP contribution in [-0.2, 0) is 11.8 Å². The molecule has 0 bridgehead atoms. The van der Waals surface area contributed by atoms with Crippen LogP contribution >= 0.6 is 15.9 Å². The van der Waals surface area contributed by atoms with Crippen molar-refractivity contribution in [3.8, 4) is 6.07 Å². The van der Waals surface area contributed by atoms with Crippen LogP contribution in [0.4, 0.5) is 0 Å². The average molecular weight is 260 g/mol. The zero-order chi connectivity index (χ0) is 10.7. The molecule has 0 aliphatic rings. The molecule has 2 heteroatoms. The molecule has 0 fully saturated rings. The highest BCUT2D eigenvalue weighted by Gasteiger charge is 2.01. The topological polar surface area (TPSA) is 23.8 Å². The number of alkyl halides is 1. The molecule has 0 saturated heterocycles. The Balaban J connectivity index is 2.66. The number of nitriles is 1. The van der Waals surface area contributed by atoms with Gasteiger partial charge in [-0.25, -0.2) is 0 Å². The van der Waals surface area contributed by atoms with Crippen LogP contribution in [-0.4, -0.2) is 0 Å². The van der Waals surface area contributed by atoms with Gasteiger partial charge in [0.1, 0.15) is 0 Å². The van der Waals surface area contributed by atoms with E-state index in [1.54, 1.807) is 0 Å². The van der Waals surface area contributed by atoms with Gasteiger partial charge in [-0.05, 0) is 28.0 Å². The number of nitrogens with zero attached hydrogens (tertiary/aromatic N) is 1. The van der Waals surface area contributed by atoms with Gasteiger partial charge in [0.15, 0.2) is 0 Å². The van der Waals surface area contributed by atoms with E-state index in [9.17, 15) is 0 Å². The highest BCUT2D eigenvalue weighted by molar-refractivity contribution is 9.08. The quantitative estimate of drug-likeness (QED) is 0.753. The van der Waals surface area contributed by atoms with Gasteiger partial charge in [-0.1, -0.05) is 46.3 Å². The molecule has 0 unspecified atom stereocenters. The van der Waals surface area contributed by atoms with Crippen molar-refractivity contribution in [2.45, 2.75) is 11.8 Å². The lowest BCUT2D eigenvalue weighted by molar-refractivity contribution is 1.28. The molecule has 0 spiro atoms. The number of hydrogen-bond acceptors (Lipinski definition) is 1. The summed E-state index contributed by atoms with van der Waals surface area (Å²) in [5.41, 5.74) is 2.35. The van der Waals surface area contributed by atoms with Gasteiger partial charge in [-0.15, -0.1) is 0 Å².